The van der Waals surface area contributed by atoms with Gasteiger partial charge in [0.15, 0.2) is 0 Å². The van der Waals surface area contributed by atoms with Crippen molar-refractivity contribution in [2.24, 2.45) is 0 Å². The minimum absolute atomic E-state index is 0. The van der Waals surface area contributed by atoms with E-state index in [-0.39, 0.29) is 12.4 Å². The van der Waals surface area contributed by atoms with Gasteiger partial charge >= 0.3 is 0 Å². The first-order valence-electron chi connectivity index (χ1n) is 5.20. The Hall–Kier alpha value is -0.800. The molecule has 4 heteroatoms. The molecule has 0 bridgehead atoms. The van der Waals surface area contributed by atoms with Gasteiger partial charge in [-0.25, -0.2) is 4.39 Å². The summed E-state index contributed by atoms with van der Waals surface area (Å²) in [5.41, 5.74) is 0.390. The summed E-state index contributed by atoms with van der Waals surface area (Å²) in [6.45, 7) is 2.63. The van der Waals surface area contributed by atoms with Crippen LogP contribution in [-0.4, -0.2) is 19.8 Å². The average Bonchev–Trinajstić information content (AvgIpc) is 2.61. The smallest absolute Gasteiger partial charge is 0.123 e. The van der Waals surface area contributed by atoms with E-state index in [0.29, 0.717) is 6.42 Å². The molecule has 16 heavy (non-hydrogen) atoms. The molecule has 1 aliphatic rings. The summed E-state index contributed by atoms with van der Waals surface area (Å²) in [5.74, 6) is 0.773. The van der Waals surface area contributed by atoms with Crippen LogP contribution in [0, 0.1) is 0 Å². The molecule has 0 aromatic heterocycles. The largest absolute Gasteiger partial charge is 0.497 e. The number of alkyl halides is 1. The maximum atomic E-state index is 13.8. The number of rotatable bonds is 2. The Morgan fingerprint density at radius 2 is 2.25 bits per heavy atom. The molecule has 0 saturated carbocycles. The van der Waals surface area contributed by atoms with Crippen LogP contribution in [0.15, 0.2) is 24.3 Å². The molecule has 0 radical (unpaired) electrons. The predicted octanol–water partition coefficient (Wildman–Crippen LogP) is 2.66. The first-order valence-corrected chi connectivity index (χ1v) is 5.20. The van der Waals surface area contributed by atoms with Crippen LogP contribution < -0.4 is 10.1 Å². The molecule has 1 N–H and O–H groups in total. The van der Waals surface area contributed by atoms with Crippen LogP contribution in [0.1, 0.15) is 18.9 Å². The van der Waals surface area contributed by atoms with Gasteiger partial charge in [0, 0.05) is 0 Å². The molecule has 2 atom stereocenters. The molecule has 1 fully saturated rings. The van der Waals surface area contributed by atoms with E-state index in [4.69, 9.17) is 4.74 Å². The van der Waals surface area contributed by atoms with Gasteiger partial charge in [0.1, 0.15) is 11.9 Å². The summed E-state index contributed by atoms with van der Waals surface area (Å²) in [4.78, 5) is 0. The maximum absolute atomic E-state index is 13.8. The number of benzene rings is 1. The monoisotopic (exact) mass is 245 g/mol. The standard InChI is InChI=1S/C12H16FNO.ClH/c1-12(11(13)6-7-14-12)9-4-3-5-10(8-9)15-2;/h3-5,8,11,14H,6-7H2,1-2H3;1H. The van der Waals surface area contributed by atoms with Crippen LogP contribution in [0.25, 0.3) is 0 Å². The van der Waals surface area contributed by atoms with E-state index in [0.717, 1.165) is 17.9 Å². The Kier molecular flexibility index (Phi) is 4.16. The highest BCUT2D eigenvalue weighted by Crippen LogP contribution is 2.34. The van der Waals surface area contributed by atoms with E-state index < -0.39 is 11.7 Å². The lowest BCUT2D eigenvalue weighted by Gasteiger charge is -2.27. The zero-order valence-corrected chi connectivity index (χ0v) is 10.3. The molecule has 0 spiro atoms. The van der Waals surface area contributed by atoms with Gasteiger partial charge in [-0.15, -0.1) is 12.4 Å². The molecular weight excluding hydrogens is 229 g/mol. The SMILES string of the molecule is COc1cccc(C2(C)NCCC2F)c1.Cl. The molecule has 1 aliphatic heterocycles. The lowest BCUT2D eigenvalue weighted by molar-refractivity contribution is 0.219. The second kappa shape index (κ2) is 5.02. The number of halogens is 2. The fourth-order valence-electron chi connectivity index (χ4n) is 2.09. The minimum atomic E-state index is -0.829. The highest BCUT2D eigenvalue weighted by Gasteiger charge is 2.40. The van der Waals surface area contributed by atoms with Gasteiger partial charge in [-0.3, -0.25) is 0 Å². The summed E-state index contributed by atoms with van der Waals surface area (Å²) < 4.78 is 18.9. The van der Waals surface area contributed by atoms with Crippen molar-refractivity contribution < 1.29 is 9.13 Å². The molecule has 90 valence electrons. The van der Waals surface area contributed by atoms with Crippen LogP contribution >= 0.6 is 12.4 Å². The normalized spacial score (nSPS) is 28.6. The summed E-state index contributed by atoms with van der Waals surface area (Å²) in [7, 11) is 1.62. The Bertz CT molecular complexity index is 361. The number of methoxy groups -OCH3 is 1. The lowest BCUT2D eigenvalue weighted by atomic mass is 9.89. The fraction of sp³-hybridized carbons (Fsp3) is 0.500. The third-order valence-electron chi connectivity index (χ3n) is 3.19. The van der Waals surface area contributed by atoms with Crippen LogP contribution in [0.4, 0.5) is 4.39 Å². The topological polar surface area (TPSA) is 21.3 Å². The summed E-state index contributed by atoms with van der Waals surface area (Å²) in [6, 6.07) is 7.60. The van der Waals surface area contributed by atoms with Crippen molar-refractivity contribution in [2.75, 3.05) is 13.7 Å². The number of hydrogen-bond donors (Lipinski definition) is 1. The highest BCUT2D eigenvalue weighted by atomic mass is 35.5. The van der Waals surface area contributed by atoms with E-state index in [2.05, 4.69) is 5.32 Å². The van der Waals surface area contributed by atoms with E-state index in [1.807, 2.05) is 31.2 Å². The molecule has 0 amide bonds. The fourth-order valence-corrected chi connectivity index (χ4v) is 2.09. The van der Waals surface area contributed by atoms with Crippen molar-refractivity contribution in [1.29, 1.82) is 0 Å². The summed E-state index contributed by atoms with van der Waals surface area (Å²) in [5, 5.41) is 3.22. The van der Waals surface area contributed by atoms with Crippen molar-refractivity contribution in [3.05, 3.63) is 29.8 Å². The van der Waals surface area contributed by atoms with Crippen molar-refractivity contribution in [3.8, 4) is 5.75 Å². The van der Waals surface area contributed by atoms with Gasteiger partial charge in [-0.1, -0.05) is 12.1 Å². The van der Waals surface area contributed by atoms with Crippen molar-refractivity contribution in [3.63, 3.8) is 0 Å². The molecule has 2 unspecified atom stereocenters. The van der Waals surface area contributed by atoms with Gasteiger partial charge in [-0.2, -0.15) is 0 Å². The Balaban J connectivity index is 0.00000128. The van der Waals surface area contributed by atoms with E-state index in [1.54, 1.807) is 7.11 Å². The molecular formula is C12H17ClFNO. The Morgan fingerprint density at radius 3 is 2.81 bits per heavy atom. The van der Waals surface area contributed by atoms with Crippen LogP contribution in [0.5, 0.6) is 5.75 Å². The van der Waals surface area contributed by atoms with Gasteiger partial charge in [0.05, 0.1) is 12.6 Å². The van der Waals surface area contributed by atoms with Crippen molar-refractivity contribution >= 4 is 12.4 Å². The molecule has 2 rings (SSSR count). The van der Waals surface area contributed by atoms with Crippen LogP contribution in [0.3, 0.4) is 0 Å². The molecule has 0 aliphatic carbocycles. The highest BCUT2D eigenvalue weighted by molar-refractivity contribution is 5.85. The van der Waals surface area contributed by atoms with Gasteiger partial charge in [-0.05, 0) is 37.6 Å². The molecule has 1 heterocycles. The molecule has 1 aromatic rings. The van der Waals surface area contributed by atoms with Crippen molar-refractivity contribution in [1.82, 2.24) is 5.32 Å². The Labute approximate surface area is 102 Å². The number of nitrogens with one attached hydrogen (secondary N) is 1. The summed E-state index contributed by atoms with van der Waals surface area (Å²) in [6.07, 6.45) is -0.252. The van der Waals surface area contributed by atoms with Crippen LogP contribution in [0.2, 0.25) is 0 Å². The number of hydrogen-bond acceptors (Lipinski definition) is 2. The first kappa shape index (κ1) is 13.3. The zero-order chi connectivity index (χ0) is 10.9. The third-order valence-corrected chi connectivity index (χ3v) is 3.19. The third kappa shape index (κ3) is 2.15. The molecule has 1 saturated heterocycles. The van der Waals surface area contributed by atoms with Crippen molar-refractivity contribution in [2.45, 2.75) is 25.1 Å². The number of ether oxygens (including phenoxy) is 1. The second-order valence-corrected chi connectivity index (χ2v) is 4.12. The predicted molar refractivity (Wildman–Crippen MR) is 65.1 cm³/mol. The summed E-state index contributed by atoms with van der Waals surface area (Å²) >= 11 is 0. The molecule has 2 nitrogen and oxygen atoms in total. The average molecular weight is 246 g/mol. The van der Waals surface area contributed by atoms with E-state index in [9.17, 15) is 4.39 Å². The minimum Gasteiger partial charge on any atom is -0.497 e. The zero-order valence-electron chi connectivity index (χ0n) is 9.50. The van der Waals surface area contributed by atoms with Crippen LogP contribution in [-0.2, 0) is 5.54 Å². The van der Waals surface area contributed by atoms with Gasteiger partial charge in [0.25, 0.3) is 0 Å². The van der Waals surface area contributed by atoms with E-state index >= 15 is 0 Å². The first-order chi connectivity index (χ1) is 7.16. The second-order valence-electron chi connectivity index (χ2n) is 4.12. The van der Waals surface area contributed by atoms with Gasteiger partial charge < -0.3 is 10.1 Å². The van der Waals surface area contributed by atoms with Gasteiger partial charge in [0.2, 0.25) is 0 Å². The quantitative estimate of drug-likeness (QED) is 0.865. The van der Waals surface area contributed by atoms with E-state index in [1.165, 1.54) is 0 Å². The molecule has 1 aromatic carbocycles. The Morgan fingerprint density at radius 1 is 1.50 bits per heavy atom. The maximum Gasteiger partial charge on any atom is 0.123 e. The lowest BCUT2D eigenvalue weighted by Crippen LogP contribution is -2.39.